The van der Waals surface area contributed by atoms with E-state index in [1.165, 1.54) is 0 Å². The number of carbonyl (C=O) groups is 1. The normalized spacial score (nSPS) is 23.3. The first-order valence-electron chi connectivity index (χ1n) is 6.40. The predicted molar refractivity (Wildman–Crippen MR) is 78.7 cm³/mol. The van der Waals surface area contributed by atoms with Gasteiger partial charge in [0.05, 0.1) is 12.7 Å². The lowest BCUT2D eigenvalue weighted by Gasteiger charge is -2.36. The Labute approximate surface area is 122 Å². The fourth-order valence-electron chi connectivity index (χ4n) is 2.50. The number of ether oxygens (including phenoxy) is 1. The van der Waals surface area contributed by atoms with Crippen molar-refractivity contribution in [1.82, 2.24) is 10.2 Å². The van der Waals surface area contributed by atoms with Crippen LogP contribution in [0.4, 0.5) is 0 Å². The Bertz CT molecular complexity index is 469. The second-order valence-electron chi connectivity index (χ2n) is 5.02. The summed E-state index contributed by atoms with van der Waals surface area (Å²) in [5.74, 6) is 0.641. The van der Waals surface area contributed by atoms with E-state index < -0.39 is 0 Å². The second kappa shape index (κ2) is 5.92. The molecule has 1 aromatic rings. The van der Waals surface area contributed by atoms with Crippen molar-refractivity contribution in [1.29, 1.82) is 0 Å². The molecule has 104 valence electrons. The molecule has 0 aromatic heterocycles. The molecule has 5 heteroatoms. The molecular formula is C14H19BrN2O2. The highest BCUT2D eigenvalue weighted by molar-refractivity contribution is 9.10. The van der Waals surface area contributed by atoms with Crippen molar-refractivity contribution < 1.29 is 9.53 Å². The topological polar surface area (TPSA) is 41.6 Å². The van der Waals surface area contributed by atoms with Crippen LogP contribution in [0.15, 0.2) is 22.7 Å². The van der Waals surface area contributed by atoms with Crippen LogP contribution in [0, 0.1) is 0 Å². The van der Waals surface area contributed by atoms with Gasteiger partial charge in [0.15, 0.2) is 0 Å². The Balaban J connectivity index is 2.24. The summed E-state index contributed by atoms with van der Waals surface area (Å²) < 4.78 is 6.20. The van der Waals surface area contributed by atoms with E-state index in [-0.39, 0.29) is 5.91 Å². The average Bonchev–Trinajstić information content (AvgIpc) is 2.36. The molecule has 0 radical (unpaired) electrons. The van der Waals surface area contributed by atoms with Gasteiger partial charge in [-0.05, 0) is 32.0 Å². The average molecular weight is 327 g/mol. The lowest BCUT2D eigenvalue weighted by Crippen LogP contribution is -2.55. The molecule has 1 fully saturated rings. The van der Waals surface area contributed by atoms with Crippen LogP contribution in [0.25, 0.3) is 0 Å². The number of benzene rings is 1. The minimum atomic E-state index is 0.0320. The molecule has 0 bridgehead atoms. The quantitative estimate of drug-likeness (QED) is 0.906. The van der Waals surface area contributed by atoms with Crippen LogP contribution in [-0.4, -0.2) is 43.1 Å². The number of rotatable bonds is 2. The number of hydrogen-bond donors (Lipinski definition) is 1. The summed E-state index contributed by atoms with van der Waals surface area (Å²) in [5, 5.41) is 3.42. The van der Waals surface area contributed by atoms with Gasteiger partial charge in [-0.2, -0.15) is 0 Å². The van der Waals surface area contributed by atoms with Gasteiger partial charge >= 0.3 is 0 Å². The van der Waals surface area contributed by atoms with E-state index in [1.54, 1.807) is 7.11 Å². The second-order valence-corrected chi connectivity index (χ2v) is 5.94. The third-order valence-corrected chi connectivity index (χ3v) is 3.73. The molecule has 1 aromatic carbocycles. The lowest BCUT2D eigenvalue weighted by molar-refractivity contribution is 0.0670. The summed E-state index contributed by atoms with van der Waals surface area (Å²) in [5.41, 5.74) is 0.618. The highest BCUT2D eigenvalue weighted by atomic mass is 79.9. The third kappa shape index (κ3) is 3.28. The van der Waals surface area contributed by atoms with Crippen LogP contribution in [0.1, 0.15) is 24.2 Å². The first kappa shape index (κ1) is 14.3. The fraction of sp³-hybridized carbons (Fsp3) is 0.500. The maximum atomic E-state index is 12.6. The monoisotopic (exact) mass is 326 g/mol. The van der Waals surface area contributed by atoms with Crippen molar-refractivity contribution in [3.05, 3.63) is 28.2 Å². The smallest absolute Gasteiger partial charge is 0.257 e. The number of piperazine rings is 1. The number of halogens is 1. The lowest BCUT2D eigenvalue weighted by atomic mass is 10.1. The molecule has 1 saturated heterocycles. The molecule has 1 heterocycles. The largest absolute Gasteiger partial charge is 0.496 e. The first-order chi connectivity index (χ1) is 9.01. The summed E-state index contributed by atoms with van der Waals surface area (Å²) in [6, 6.07) is 6.12. The van der Waals surface area contributed by atoms with Crippen molar-refractivity contribution in [3.63, 3.8) is 0 Å². The van der Waals surface area contributed by atoms with Gasteiger partial charge in [0.2, 0.25) is 0 Å². The number of amides is 1. The fourth-order valence-corrected chi connectivity index (χ4v) is 2.84. The molecule has 19 heavy (non-hydrogen) atoms. The Hall–Kier alpha value is -1.07. The molecular weight excluding hydrogens is 308 g/mol. The minimum Gasteiger partial charge on any atom is -0.496 e. The Morgan fingerprint density at radius 1 is 1.37 bits per heavy atom. The van der Waals surface area contributed by atoms with Gasteiger partial charge in [-0.3, -0.25) is 4.79 Å². The summed E-state index contributed by atoms with van der Waals surface area (Å²) in [6.07, 6.45) is 0. The number of nitrogens with one attached hydrogen (secondary N) is 1. The SMILES string of the molecule is COc1cc(Br)ccc1C(=O)N1C[C@@H](C)N[C@@H](C)C1. The van der Waals surface area contributed by atoms with Gasteiger partial charge in [-0.1, -0.05) is 15.9 Å². The number of methoxy groups -OCH3 is 1. The zero-order valence-corrected chi connectivity index (χ0v) is 13.0. The highest BCUT2D eigenvalue weighted by Crippen LogP contribution is 2.25. The van der Waals surface area contributed by atoms with Gasteiger partial charge in [0.25, 0.3) is 5.91 Å². The van der Waals surface area contributed by atoms with Crippen LogP contribution < -0.4 is 10.1 Å². The van der Waals surface area contributed by atoms with Crippen molar-refractivity contribution >= 4 is 21.8 Å². The molecule has 0 spiro atoms. The van der Waals surface area contributed by atoms with Crippen molar-refractivity contribution in [2.24, 2.45) is 0 Å². The third-order valence-electron chi connectivity index (χ3n) is 3.24. The van der Waals surface area contributed by atoms with Crippen LogP contribution in [0.2, 0.25) is 0 Å². The molecule has 0 saturated carbocycles. The molecule has 1 aliphatic rings. The van der Waals surface area contributed by atoms with Crippen LogP contribution in [0.5, 0.6) is 5.75 Å². The molecule has 1 N–H and O–H groups in total. The van der Waals surface area contributed by atoms with Crippen LogP contribution in [0.3, 0.4) is 0 Å². The van der Waals surface area contributed by atoms with E-state index in [2.05, 4.69) is 35.1 Å². The van der Waals surface area contributed by atoms with Crippen LogP contribution in [-0.2, 0) is 0 Å². The Morgan fingerprint density at radius 2 is 2.00 bits per heavy atom. The Morgan fingerprint density at radius 3 is 2.58 bits per heavy atom. The summed E-state index contributed by atoms with van der Waals surface area (Å²) in [7, 11) is 1.58. The standard InChI is InChI=1S/C14H19BrN2O2/c1-9-7-17(8-10(2)16-9)14(18)12-5-4-11(15)6-13(12)19-3/h4-6,9-10,16H,7-8H2,1-3H3/t9-,10+. The molecule has 0 unspecified atom stereocenters. The molecule has 1 amide bonds. The summed E-state index contributed by atoms with van der Waals surface area (Å²) >= 11 is 3.39. The highest BCUT2D eigenvalue weighted by Gasteiger charge is 2.27. The summed E-state index contributed by atoms with van der Waals surface area (Å²) in [6.45, 7) is 5.63. The number of carbonyl (C=O) groups excluding carboxylic acids is 1. The molecule has 0 aliphatic carbocycles. The first-order valence-corrected chi connectivity index (χ1v) is 7.19. The minimum absolute atomic E-state index is 0.0320. The maximum Gasteiger partial charge on any atom is 0.257 e. The molecule has 4 nitrogen and oxygen atoms in total. The predicted octanol–water partition coefficient (Wildman–Crippen LogP) is 2.28. The van der Waals surface area contributed by atoms with Crippen molar-refractivity contribution in [3.8, 4) is 5.75 Å². The Kier molecular flexibility index (Phi) is 4.47. The van der Waals surface area contributed by atoms with Gasteiger partial charge in [-0.15, -0.1) is 0 Å². The number of hydrogen-bond acceptors (Lipinski definition) is 3. The van der Waals surface area contributed by atoms with E-state index in [0.717, 1.165) is 17.6 Å². The van der Waals surface area contributed by atoms with E-state index in [9.17, 15) is 4.79 Å². The number of nitrogens with zero attached hydrogens (tertiary/aromatic N) is 1. The zero-order valence-electron chi connectivity index (χ0n) is 11.4. The van der Waals surface area contributed by atoms with Gasteiger partial charge in [0, 0.05) is 29.6 Å². The molecule has 2 rings (SSSR count). The van der Waals surface area contributed by atoms with E-state index in [1.807, 2.05) is 23.1 Å². The van der Waals surface area contributed by atoms with Gasteiger partial charge < -0.3 is 15.0 Å². The maximum absolute atomic E-state index is 12.6. The van der Waals surface area contributed by atoms with E-state index in [4.69, 9.17) is 4.74 Å². The van der Waals surface area contributed by atoms with Crippen molar-refractivity contribution in [2.45, 2.75) is 25.9 Å². The zero-order chi connectivity index (χ0) is 14.0. The van der Waals surface area contributed by atoms with Gasteiger partial charge in [0.1, 0.15) is 5.75 Å². The van der Waals surface area contributed by atoms with Gasteiger partial charge in [-0.25, -0.2) is 0 Å². The van der Waals surface area contributed by atoms with Crippen LogP contribution >= 0.6 is 15.9 Å². The van der Waals surface area contributed by atoms with E-state index >= 15 is 0 Å². The van der Waals surface area contributed by atoms with Crippen molar-refractivity contribution in [2.75, 3.05) is 20.2 Å². The molecule has 1 aliphatic heterocycles. The molecule has 2 atom stereocenters. The van der Waals surface area contributed by atoms with E-state index in [0.29, 0.717) is 23.4 Å². The summed E-state index contributed by atoms with van der Waals surface area (Å²) in [4.78, 5) is 14.5.